The summed E-state index contributed by atoms with van der Waals surface area (Å²) in [5, 5.41) is 10.2. The molecular weight excluding hydrogens is 226 g/mol. The second-order valence-electron chi connectivity index (χ2n) is 5.35. The van der Waals surface area contributed by atoms with Crippen molar-refractivity contribution in [1.29, 1.82) is 0 Å². The Morgan fingerprint density at radius 1 is 1.17 bits per heavy atom. The van der Waals surface area contributed by atoms with Gasteiger partial charge >= 0.3 is 0 Å². The van der Waals surface area contributed by atoms with E-state index in [0.29, 0.717) is 6.04 Å². The Morgan fingerprint density at radius 2 is 2.00 bits per heavy atom. The Bertz CT molecular complexity index is 407. The number of para-hydroxylation sites is 1. The van der Waals surface area contributed by atoms with Gasteiger partial charge in [-0.1, -0.05) is 31.0 Å². The van der Waals surface area contributed by atoms with Crippen LogP contribution in [0, 0.1) is 0 Å². The van der Waals surface area contributed by atoms with Crippen LogP contribution < -0.4 is 4.74 Å². The van der Waals surface area contributed by atoms with Gasteiger partial charge in [-0.15, -0.1) is 0 Å². The molecule has 1 aromatic rings. The van der Waals surface area contributed by atoms with Crippen LogP contribution in [-0.2, 0) is 6.54 Å². The fourth-order valence-electron chi connectivity index (χ4n) is 3.15. The summed E-state index contributed by atoms with van der Waals surface area (Å²) in [5.41, 5.74) is 1.24. The number of rotatable bonds is 1. The summed E-state index contributed by atoms with van der Waals surface area (Å²) < 4.78 is 5.78. The molecule has 1 aliphatic carbocycles. The van der Waals surface area contributed by atoms with Crippen LogP contribution in [-0.4, -0.2) is 35.3 Å². The third-order valence-corrected chi connectivity index (χ3v) is 4.15. The van der Waals surface area contributed by atoms with Crippen LogP contribution in [0.15, 0.2) is 24.3 Å². The molecule has 0 aromatic heterocycles. The normalized spacial score (nSPS) is 29.2. The molecule has 0 saturated heterocycles. The van der Waals surface area contributed by atoms with Crippen LogP contribution in [0.1, 0.15) is 31.2 Å². The van der Waals surface area contributed by atoms with Gasteiger partial charge in [0.05, 0.1) is 6.10 Å². The van der Waals surface area contributed by atoms with Gasteiger partial charge in [-0.3, -0.25) is 4.90 Å². The van der Waals surface area contributed by atoms with Crippen LogP contribution in [0.25, 0.3) is 0 Å². The molecule has 1 saturated carbocycles. The molecule has 0 bridgehead atoms. The maximum absolute atomic E-state index is 10.2. The Labute approximate surface area is 108 Å². The largest absolute Gasteiger partial charge is 0.492 e. The maximum Gasteiger partial charge on any atom is 0.123 e. The van der Waals surface area contributed by atoms with Crippen LogP contribution in [0.3, 0.4) is 0 Å². The van der Waals surface area contributed by atoms with E-state index in [1.54, 1.807) is 0 Å². The SMILES string of the molecule is O[C@H]1CCCC[C@@H]1N1CCOc2ccccc2C1. The van der Waals surface area contributed by atoms with Crippen molar-refractivity contribution >= 4 is 0 Å². The monoisotopic (exact) mass is 247 g/mol. The summed E-state index contributed by atoms with van der Waals surface area (Å²) in [6, 6.07) is 8.56. The Balaban J connectivity index is 1.78. The van der Waals surface area contributed by atoms with Crippen molar-refractivity contribution in [3.63, 3.8) is 0 Å². The lowest BCUT2D eigenvalue weighted by Crippen LogP contribution is -2.45. The average molecular weight is 247 g/mol. The van der Waals surface area contributed by atoms with Crippen LogP contribution >= 0.6 is 0 Å². The van der Waals surface area contributed by atoms with Crippen molar-refractivity contribution in [1.82, 2.24) is 4.90 Å². The number of aliphatic hydroxyl groups excluding tert-OH is 1. The highest BCUT2D eigenvalue weighted by Gasteiger charge is 2.30. The van der Waals surface area contributed by atoms with Crippen molar-refractivity contribution in [2.45, 2.75) is 44.4 Å². The number of fused-ring (bicyclic) bond motifs is 1. The maximum atomic E-state index is 10.2. The third-order valence-electron chi connectivity index (χ3n) is 4.15. The molecule has 2 atom stereocenters. The topological polar surface area (TPSA) is 32.7 Å². The minimum atomic E-state index is -0.163. The van der Waals surface area contributed by atoms with Gasteiger partial charge in [-0.05, 0) is 18.9 Å². The van der Waals surface area contributed by atoms with E-state index < -0.39 is 0 Å². The van der Waals surface area contributed by atoms with E-state index in [1.807, 2.05) is 12.1 Å². The molecule has 0 spiro atoms. The van der Waals surface area contributed by atoms with E-state index in [0.717, 1.165) is 38.3 Å². The van der Waals surface area contributed by atoms with Gasteiger partial charge in [0.1, 0.15) is 12.4 Å². The second-order valence-corrected chi connectivity index (χ2v) is 5.35. The summed E-state index contributed by atoms with van der Waals surface area (Å²) >= 11 is 0. The first-order chi connectivity index (χ1) is 8.84. The van der Waals surface area contributed by atoms with Crippen molar-refractivity contribution in [3.05, 3.63) is 29.8 Å². The number of nitrogens with zero attached hydrogens (tertiary/aromatic N) is 1. The number of benzene rings is 1. The number of aliphatic hydroxyl groups is 1. The number of ether oxygens (including phenoxy) is 1. The molecule has 2 aliphatic rings. The first-order valence-electron chi connectivity index (χ1n) is 6.97. The predicted octanol–water partition coefficient (Wildman–Crippen LogP) is 2.18. The highest BCUT2D eigenvalue weighted by atomic mass is 16.5. The summed E-state index contributed by atoms with van der Waals surface area (Å²) in [6.07, 6.45) is 4.30. The molecule has 0 unspecified atom stereocenters. The minimum absolute atomic E-state index is 0.163. The molecule has 1 aromatic carbocycles. The van der Waals surface area contributed by atoms with Crippen LogP contribution in [0.2, 0.25) is 0 Å². The van der Waals surface area contributed by atoms with E-state index in [1.165, 1.54) is 18.4 Å². The summed E-state index contributed by atoms with van der Waals surface area (Å²) in [4.78, 5) is 2.40. The van der Waals surface area contributed by atoms with Gasteiger partial charge in [-0.25, -0.2) is 0 Å². The lowest BCUT2D eigenvalue weighted by molar-refractivity contribution is 0.0139. The van der Waals surface area contributed by atoms with Gasteiger partial charge in [0.2, 0.25) is 0 Å². The smallest absolute Gasteiger partial charge is 0.123 e. The number of hydrogen-bond acceptors (Lipinski definition) is 3. The Kier molecular flexibility index (Phi) is 3.52. The molecule has 0 radical (unpaired) electrons. The molecule has 3 nitrogen and oxygen atoms in total. The van der Waals surface area contributed by atoms with Gasteiger partial charge in [0.15, 0.2) is 0 Å². The zero-order chi connectivity index (χ0) is 12.4. The van der Waals surface area contributed by atoms with E-state index in [-0.39, 0.29) is 6.10 Å². The first kappa shape index (κ1) is 12.0. The van der Waals surface area contributed by atoms with E-state index in [9.17, 15) is 5.11 Å². The molecule has 1 fully saturated rings. The second kappa shape index (κ2) is 5.29. The van der Waals surface area contributed by atoms with Gasteiger partial charge in [0.25, 0.3) is 0 Å². The fourth-order valence-corrected chi connectivity index (χ4v) is 3.15. The van der Waals surface area contributed by atoms with Crippen LogP contribution in [0.5, 0.6) is 5.75 Å². The lowest BCUT2D eigenvalue weighted by atomic mass is 9.91. The molecule has 1 heterocycles. The fraction of sp³-hybridized carbons (Fsp3) is 0.600. The number of hydrogen-bond donors (Lipinski definition) is 1. The predicted molar refractivity (Wildman–Crippen MR) is 70.6 cm³/mol. The molecule has 98 valence electrons. The Hall–Kier alpha value is -1.06. The van der Waals surface area contributed by atoms with E-state index in [4.69, 9.17) is 4.74 Å². The quantitative estimate of drug-likeness (QED) is 0.825. The molecular formula is C15H21NO2. The van der Waals surface area contributed by atoms with E-state index >= 15 is 0 Å². The summed E-state index contributed by atoms with van der Waals surface area (Å²) in [7, 11) is 0. The van der Waals surface area contributed by atoms with Gasteiger partial charge < -0.3 is 9.84 Å². The zero-order valence-electron chi connectivity index (χ0n) is 10.7. The lowest BCUT2D eigenvalue weighted by Gasteiger charge is -2.36. The van der Waals surface area contributed by atoms with Crippen molar-refractivity contribution < 1.29 is 9.84 Å². The average Bonchev–Trinajstić information content (AvgIpc) is 2.61. The zero-order valence-corrected chi connectivity index (χ0v) is 10.7. The molecule has 1 N–H and O–H groups in total. The molecule has 0 amide bonds. The molecule has 3 heteroatoms. The third kappa shape index (κ3) is 2.38. The van der Waals surface area contributed by atoms with Gasteiger partial charge in [0, 0.05) is 24.7 Å². The highest BCUT2D eigenvalue weighted by molar-refractivity contribution is 5.33. The summed E-state index contributed by atoms with van der Waals surface area (Å²) in [6.45, 7) is 2.54. The van der Waals surface area contributed by atoms with Gasteiger partial charge in [-0.2, -0.15) is 0 Å². The Morgan fingerprint density at radius 3 is 2.89 bits per heavy atom. The van der Waals surface area contributed by atoms with Crippen molar-refractivity contribution in [2.24, 2.45) is 0 Å². The van der Waals surface area contributed by atoms with Crippen molar-refractivity contribution in [2.75, 3.05) is 13.2 Å². The minimum Gasteiger partial charge on any atom is -0.492 e. The van der Waals surface area contributed by atoms with Crippen LogP contribution in [0.4, 0.5) is 0 Å². The first-order valence-corrected chi connectivity index (χ1v) is 6.97. The molecule has 1 aliphatic heterocycles. The molecule has 3 rings (SSSR count). The van der Waals surface area contributed by atoms with E-state index in [2.05, 4.69) is 17.0 Å². The molecule has 18 heavy (non-hydrogen) atoms. The highest BCUT2D eigenvalue weighted by Crippen LogP contribution is 2.28. The standard InChI is InChI=1S/C15H21NO2/c17-14-7-3-2-6-13(14)16-9-10-18-15-8-4-1-5-12(15)11-16/h1,4-5,8,13-14,17H,2-3,6-7,9-11H2/t13-,14-/m0/s1. The van der Waals surface area contributed by atoms with Crippen molar-refractivity contribution in [3.8, 4) is 5.75 Å². The summed E-state index contributed by atoms with van der Waals surface area (Å²) in [5.74, 6) is 1.00.